The smallest absolute Gasteiger partial charge is 0.257 e. The molecule has 2 amide bonds. The molecule has 6 nitrogen and oxygen atoms in total. The molecule has 3 rings (SSSR count). The van der Waals surface area contributed by atoms with Crippen molar-refractivity contribution in [2.24, 2.45) is 0 Å². The summed E-state index contributed by atoms with van der Waals surface area (Å²) < 4.78 is 23.4. The Hall–Kier alpha value is -2.38. The van der Waals surface area contributed by atoms with Crippen LogP contribution in [0.5, 0.6) is 0 Å². The Bertz CT molecular complexity index is 988. The predicted octanol–water partition coefficient (Wildman–Crippen LogP) is 3.12. The molecule has 136 valence electrons. The van der Waals surface area contributed by atoms with E-state index in [1.54, 1.807) is 29.2 Å². The fourth-order valence-corrected chi connectivity index (χ4v) is 3.67. The van der Waals surface area contributed by atoms with Crippen LogP contribution in [0.4, 0.5) is 11.4 Å². The van der Waals surface area contributed by atoms with E-state index in [0.29, 0.717) is 24.3 Å². The minimum absolute atomic E-state index is 0.00352. The van der Waals surface area contributed by atoms with Gasteiger partial charge in [0.05, 0.1) is 26.9 Å². The standard InChI is InChI=1S/C18H17ClN2O4S/c1-26(24,25)12-8-9-14(19)13(11-12)18(23)20-15-5-2-3-6-16(15)21-10-4-7-17(21)22/h2-3,5-6,8-9,11H,4,7,10H2,1H3,(H,20,23). The highest BCUT2D eigenvalue weighted by molar-refractivity contribution is 7.90. The number of amides is 2. The van der Waals surface area contributed by atoms with Gasteiger partial charge >= 0.3 is 0 Å². The first-order chi connectivity index (χ1) is 12.3. The molecule has 0 atom stereocenters. The normalized spacial score (nSPS) is 14.5. The van der Waals surface area contributed by atoms with Gasteiger partial charge in [-0.1, -0.05) is 23.7 Å². The van der Waals surface area contributed by atoms with Gasteiger partial charge in [0.15, 0.2) is 9.84 Å². The van der Waals surface area contributed by atoms with E-state index in [-0.39, 0.29) is 21.4 Å². The third kappa shape index (κ3) is 3.73. The van der Waals surface area contributed by atoms with Gasteiger partial charge in [-0.25, -0.2) is 8.42 Å². The molecule has 0 saturated carbocycles. The van der Waals surface area contributed by atoms with Gasteiger partial charge in [0, 0.05) is 19.2 Å². The minimum Gasteiger partial charge on any atom is -0.320 e. The van der Waals surface area contributed by atoms with Gasteiger partial charge in [-0.15, -0.1) is 0 Å². The molecular formula is C18H17ClN2O4S. The SMILES string of the molecule is CS(=O)(=O)c1ccc(Cl)c(C(=O)Nc2ccccc2N2CCCC2=O)c1. The number of hydrogen-bond donors (Lipinski definition) is 1. The zero-order chi connectivity index (χ0) is 18.9. The van der Waals surface area contributed by atoms with E-state index in [0.717, 1.165) is 12.7 Å². The second kappa shape index (κ2) is 7.09. The number of sulfone groups is 1. The predicted molar refractivity (Wildman–Crippen MR) is 101 cm³/mol. The van der Waals surface area contributed by atoms with Crippen molar-refractivity contribution in [3.63, 3.8) is 0 Å². The summed E-state index contributed by atoms with van der Waals surface area (Å²) in [5, 5.41) is 2.87. The molecule has 0 spiro atoms. The molecule has 0 bridgehead atoms. The Balaban J connectivity index is 1.93. The van der Waals surface area contributed by atoms with E-state index in [9.17, 15) is 18.0 Å². The van der Waals surface area contributed by atoms with Crippen LogP contribution in [0.1, 0.15) is 23.2 Å². The Labute approximate surface area is 156 Å². The van der Waals surface area contributed by atoms with E-state index in [1.807, 2.05) is 0 Å². The van der Waals surface area contributed by atoms with Crippen molar-refractivity contribution in [1.82, 2.24) is 0 Å². The Morgan fingerprint density at radius 3 is 2.58 bits per heavy atom. The van der Waals surface area contributed by atoms with Crippen molar-refractivity contribution >= 4 is 44.6 Å². The van der Waals surface area contributed by atoms with Crippen LogP contribution in [0.15, 0.2) is 47.4 Å². The fourth-order valence-electron chi connectivity index (χ4n) is 2.82. The highest BCUT2D eigenvalue weighted by Gasteiger charge is 2.24. The molecule has 26 heavy (non-hydrogen) atoms. The maximum atomic E-state index is 12.7. The van der Waals surface area contributed by atoms with Crippen LogP contribution >= 0.6 is 11.6 Å². The molecule has 0 aromatic heterocycles. The average Bonchev–Trinajstić information content (AvgIpc) is 3.00. The maximum Gasteiger partial charge on any atom is 0.257 e. The second-order valence-corrected chi connectivity index (χ2v) is 8.46. The number of halogens is 1. The Kier molecular flexibility index (Phi) is 5.02. The number of hydrogen-bond acceptors (Lipinski definition) is 4. The first-order valence-electron chi connectivity index (χ1n) is 7.98. The maximum absolute atomic E-state index is 12.7. The van der Waals surface area contributed by atoms with Crippen molar-refractivity contribution in [2.45, 2.75) is 17.7 Å². The second-order valence-electron chi connectivity index (χ2n) is 6.03. The molecular weight excluding hydrogens is 376 g/mol. The summed E-state index contributed by atoms with van der Waals surface area (Å²) >= 11 is 6.08. The van der Waals surface area contributed by atoms with E-state index in [2.05, 4.69) is 5.32 Å². The summed E-state index contributed by atoms with van der Waals surface area (Å²) in [6, 6.07) is 11.0. The number of carbonyl (C=O) groups is 2. The summed E-state index contributed by atoms with van der Waals surface area (Å²) in [7, 11) is -3.47. The molecule has 1 aliphatic rings. The van der Waals surface area contributed by atoms with Crippen molar-refractivity contribution in [1.29, 1.82) is 0 Å². The quantitative estimate of drug-likeness (QED) is 0.866. The number of nitrogens with one attached hydrogen (secondary N) is 1. The van der Waals surface area contributed by atoms with Gasteiger partial charge in [-0.3, -0.25) is 9.59 Å². The lowest BCUT2D eigenvalue weighted by molar-refractivity contribution is -0.117. The molecule has 2 aromatic rings. The van der Waals surface area contributed by atoms with Crippen LogP contribution in [-0.2, 0) is 14.6 Å². The van der Waals surface area contributed by atoms with Crippen LogP contribution in [0, 0.1) is 0 Å². The van der Waals surface area contributed by atoms with Crippen molar-refractivity contribution in [2.75, 3.05) is 23.0 Å². The molecule has 0 radical (unpaired) electrons. The zero-order valence-corrected chi connectivity index (χ0v) is 15.6. The topological polar surface area (TPSA) is 83.6 Å². The Morgan fingerprint density at radius 2 is 1.92 bits per heavy atom. The monoisotopic (exact) mass is 392 g/mol. The van der Waals surface area contributed by atoms with Crippen LogP contribution in [0.3, 0.4) is 0 Å². The molecule has 8 heteroatoms. The lowest BCUT2D eigenvalue weighted by Crippen LogP contribution is -2.25. The van der Waals surface area contributed by atoms with Gasteiger partial charge < -0.3 is 10.2 Å². The number of benzene rings is 2. The summed E-state index contributed by atoms with van der Waals surface area (Å²) in [6.45, 7) is 0.593. The third-order valence-electron chi connectivity index (χ3n) is 4.13. The molecule has 1 fully saturated rings. The molecule has 2 aromatic carbocycles. The number of rotatable bonds is 4. The first kappa shape index (κ1) is 18.4. The Morgan fingerprint density at radius 1 is 1.19 bits per heavy atom. The minimum atomic E-state index is -3.47. The number of nitrogens with zero attached hydrogens (tertiary/aromatic N) is 1. The zero-order valence-electron chi connectivity index (χ0n) is 14.0. The lowest BCUT2D eigenvalue weighted by Gasteiger charge is -2.20. The highest BCUT2D eigenvalue weighted by Crippen LogP contribution is 2.30. The number of anilines is 2. The lowest BCUT2D eigenvalue weighted by atomic mass is 10.2. The van der Waals surface area contributed by atoms with Crippen LogP contribution in [0.25, 0.3) is 0 Å². The molecule has 0 unspecified atom stereocenters. The van der Waals surface area contributed by atoms with Gasteiger partial charge in [0.1, 0.15) is 0 Å². The van der Waals surface area contributed by atoms with E-state index in [1.165, 1.54) is 18.2 Å². The van der Waals surface area contributed by atoms with Gasteiger partial charge in [-0.05, 0) is 36.8 Å². The van der Waals surface area contributed by atoms with Gasteiger partial charge in [0.25, 0.3) is 5.91 Å². The van der Waals surface area contributed by atoms with Gasteiger partial charge in [-0.2, -0.15) is 0 Å². The molecule has 1 aliphatic heterocycles. The number of para-hydroxylation sites is 2. The van der Waals surface area contributed by atoms with Crippen molar-refractivity contribution in [3.05, 3.63) is 53.1 Å². The van der Waals surface area contributed by atoms with E-state index in [4.69, 9.17) is 11.6 Å². The highest BCUT2D eigenvalue weighted by atomic mass is 35.5. The molecule has 0 aliphatic carbocycles. The van der Waals surface area contributed by atoms with Crippen molar-refractivity contribution < 1.29 is 18.0 Å². The summed E-state index contributed by atoms with van der Waals surface area (Å²) in [5.41, 5.74) is 1.13. The first-order valence-corrected chi connectivity index (χ1v) is 10.2. The number of carbonyl (C=O) groups excluding carboxylic acids is 2. The van der Waals surface area contributed by atoms with Crippen molar-refractivity contribution in [3.8, 4) is 0 Å². The molecule has 1 N–H and O–H groups in total. The van der Waals surface area contributed by atoms with E-state index >= 15 is 0 Å². The average molecular weight is 393 g/mol. The summed E-state index contributed by atoms with van der Waals surface area (Å²) in [4.78, 5) is 26.3. The third-order valence-corrected chi connectivity index (χ3v) is 5.57. The fraction of sp³-hybridized carbons (Fsp3) is 0.222. The molecule has 1 saturated heterocycles. The van der Waals surface area contributed by atoms with Crippen LogP contribution in [0.2, 0.25) is 5.02 Å². The van der Waals surface area contributed by atoms with Crippen LogP contribution < -0.4 is 10.2 Å². The van der Waals surface area contributed by atoms with E-state index < -0.39 is 15.7 Å². The largest absolute Gasteiger partial charge is 0.320 e. The summed E-state index contributed by atoms with van der Waals surface area (Å²) in [5.74, 6) is -0.539. The summed E-state index contributed by atoms with van der Waals surface area (Å²) in [6.07, 6.45) is 2.31. The molecule has 1 heterocycles. The van der Waals surface area contributed by atoms with Gasteiger partial charge in [0.2, 0.25) is 5.91 Å². The van der Waals surface area contributed by atoms with Crippen LogP contribution in [-0.4, -0.2) is 33.0 Å².